The Hall–Kier alpha value is -0.650. The van der Waals surface area contributed by atoms with Gasteiger partial charge in [-0.2, -0.15) is 0 Å². The van der Waals surface area contributed by atoms with Crippen molar-refractivity contribution < 1.29 is 9.47 Å². The van der Waals surface area contributed by atoms with Gasteiger partial charge < -0.3 is 14.8 Å². The van der Waals surface area contributed by atoms with Crippen molar-refractivity contribution in [3.63, 3.8) is 0 Å². The predicted octanol–water partition coefficient (Wildman–Crippen LogP) is 3.39. The highest BCUT2D eigenvalue weighted by Gasteiger charge is 2.07. The molecule has 0 amide bonds. The zero-order valence-corrected chi connectivity index (χ0v) is 14.4. The lowest BCUT2D eigenvalue weighted by atomic mass is 10.2. The molecule has 1 aromatic heterocycles. The second-order valence-corrected chi connectivity index (χ2v) is 6.33. The fourth-order valence-electron chi connectivity index (χ4n) is 1.64. The fourth-order valence-corrected chi connectivity index (χ4v) is 2.02. The van der Waals surface area contributed by atoms with Crippen LogP contribution in [0.2, 0.25) is 0 Å². The van der Waals surface area contributed by atoms with Crippen LogP contribution >= 0.6 is 15.9 Å². The first-order valence-electron chi connectivity index (χ1n) is 7.08. The normalized spacial score (nSPS) is 11.3. The van der Waals surface area contributed by atoms with Gasteiger partial charge in [-0.25, -0.2) is 4.98 Å². The first-order valence-corrected chi connectivity index (χ1v) is 7.88. The van der Waals surface area contributed by atoms with E-state index in [2.05, 4.69) is 40.1 Å². The highest BCUT2D eigenvalue weighted by Crippen LogP contribution is 2.20. The highest BCUT2D eigenvalue weighted by molar-refractivity contribution is 9.10. The van der Waals surface area contributed by atoms with E-state index in [9.17, 15) is 0 Å². The molecule has 4 nitrogen and oxygen atoms in total. The van der Waals surface area contributed by atoms with Crippen LogP contribution in [0.15, 0.2) is 16.7 Å². The molecular formula is C15H25BrN2O2. The standard InChI is InChI=1S/C15H25BrN2O2/c1-11(2)8-17-9-13-7-14(16)10-18-15(13)20-6-5-19-12(3)4/h7,10-12,17H,5-6,8-9H2,1-4H3. The van der Waals surface area contributed by atoms with Crippen LogP contribution in [-0.2, 0) is 11.3 Å². The Balaban J connectivity index is 2.51. The minimum atomic E-state index is 0.226. The molecule has 0 bridgehead atoms. The van der Waals surface area contributed by atoms with E-state index in [1.165, 1.54) is 0 Å². The van der Waals surface area contributed by atoms with E-state index in [1.807, 2.05) is 19.9 Å². The summed E-state index contributed by atoms with van der Waals surface area (Å²) in [6, 6.07) is 2.04. The third kappa shape index (κ3) is 7.22. The molecule has 114 valence electrons. The molecule has 0 saturated heterocycles. The summed E-state index contributed by atoms with van der Waals surface area (Å²) >= 11 is 3.45. The number of aromatic nitrogens is 1. The molecule has 0 aliphatic carbocycles. The Morgan fingerprint density at radius 1 is 1.25 bits per heavy atom. The lowest BCUT2D eigenvalue weighted by molar-refractivity contribution is 0.0540. The van der Waals surface area contributed by atoms with E-state index in [0.717, 1.165) is 23.1 Å². The van der Waals surface area contributed by atoms with Crippen LogP contribution in [0.1, 0.15) is 33.3 Å². The van der Waals surface area contributed by atoms with Crippen LogP contribution in [0.25, 0.3) is 0 Å². The summed E-state index contributed by atoms with van der Waals surface area (Å²) in [7, 11) is 0. The third-order valence-electron chi connectivity index (χ3n) is 2.53. The van der Waals surface area contributed by atoms with Crippen LogP contribution in [0.3, 0.4) is 0 Å². The number of halogens is 1. The molecule has 0 fully saturated rings. The molecule has 5 heteroatoms. The fraction of sp³-hybridized carbons (Fsp3) is 0.667. The maximum absolute atomic E-state index is 5.70. The quantitative estimate of drug-likeness (QED) is 0.697. The van der Waals surface area contributed by atoms with Crippen molar-refractivity contribution in [1.29, 1.82) is 0 Å². The number of nitrogens with zero attached hydrogens (tertiary/aromatic N) is 1. The molecule has 0 radical (unpaired) electrons. The van der Waals surface area contributed by atoms with Crippen molar-refractivity contribution in [3.8, 4) is 5.88 Å². The van der Waals surface area contributed by atoms with Gasteiger partial charge in [0.05, 0.1) is 12.7 Å². The van der Waals surface area contributed by atoms with Gasteiger partial charge in [-0.05, 0) is 48.3 Å². The Labute approximate surface area is 130 Å². The molecule has 20 heavy (non-hydrogen) atoms. The Morgan fingerprint density at radius 2 is 2.00 bits per heavy atom. The van der Waals surface area contributed by atoms with Gasteiger partial charge in [-0.15, -0.1) is 0 Å². The van der Waals surface area contributed by atoms with Crippen molar-refractivity contribution >= 4 is 15.9 Å². The van der Waals surface area contributed by atoms with E-state index >= 15 is 0 Å². The second-order valence-electron chi connectivity index (χ2n) is 5.41. The second kappa shape index (κ2) is 9.32. The average Bonchev–Trinajstić information content (AvgIpc) is 2.36. The van der Waals surface area contributed by atoms with Crippen LogP contribution in [0, 0.1) is 5.92 Å². The van der Waals surface area contributed by atoms with Gasteiger partial charge >= 0.3 is 0 Å². The van der Waals surface area contributed by atoms with E-state index in [0.29, 0.717) is 25.0 Å². The molecule has 1 heterocycles. The number of pyridine rings is 1. The number of nitrogens with one attached hydrogen (secondary N) is 1. The molecule has 0 aliphatic rings. The SMILES string of the molecule is CC(C)CNCc1cc(Br)cnc1OCCOC(C)C. The smallest absolute Gasteiger partial charge is 0.217 e. The maximum Gasteiger partial charge on any atom is 0.217 e. The summed E-state index contributed by atoms with van der Waals surface area (Å²) in [4.78, 5) is 4.33. The molecule has 0 aromatic carbocycles. The van der Waals surface area contributed by atoms with Gasteiger partial charge in [0, 0.05) is 22.8 Å². The van der Waals surface area contributed by atoms with Crippen LogP contribution in [0.5, 0.6) is 5.88 Å². The minimum absolute atomic E-state index is 0.226. The molecular weight excluding hydrogens is 320 g/mol. The minimum Gasteiger partial charge on any atom is -0.475 e. The molecule has 0 spiro atoms. The van der Waals surface area contributed by atoms with Gasteiger partial charge in [-0.1, -0.05) is 13.8 Å². The largest absolute Gasteiger partial charge is 0.475 e. The number of ether oxygens (including phenoxy) is 2. The van der Waals surface area contributed by atoms with Crippen molar-refractivity contribution in [2.45, 2.75) is 40.3 Å². The van der Waals surface area contributed by atoms with Crippen molar-refractivity contribution in [3.05, 3.63) is 22.3 Å². The van der Waals surface area contributed by atoms with E-state index < -0.39 is 0 Å². The van der Waals surface area contributed by atoms with Crippen LogP contribution in [0.4, 0.5) is 0 Å². The lowest BCUT2D eigenvalue weighted by Crippen LogP contribution is -2.20. The third-order valence-corrected chi connectivity index (χ3v) is 2.97. The van der Waals surface area contributed by atoms with Gasteiger partial charge in [0.25, 0.3) is 0 Å². The van der Waals surface area contributed by atoms with Gasteiger partial charge in [0.2, 0.25) is 5.88 Å². The Morgan fingerprint density at radius 3 is 2.65 bits per heavy atom. The topological polar surface area (TPSA) is 43.4 Å². The molecule has 1 aromatic rings. The maximum atomic E-state index is 5.70. The molecule has 1 rings (SSSR count). The Bertz CT molecular complexity index is 397. The predicted molar refractivity (Wildman–Crippen MR) is 85.1 cm³/mol. The zero-order valence-electron chi connectivity index (χ0n) is 12.8. The molecule has 0 saturated carbocycles. The summed E-state index contributed by atoms with van der Waals surface area (Å²) in [6.45, 7) is 11.2. The van der Waals surface area contributed by atoms with E-state index in [-0.39, 0.29) is 6.10 Å². The van der Waals surface area contributed by atoms with Gasteiger partial charge in [0.15, 0.2) is 0 Å². The van der Waals surface area contributed by atoms with Crippen LogP contribution < -0.4 is 10.1 Å². The van der Waals surface area contributed by atoms with Gasteiger partial charge in [-0.3, -0.25) is 0 Å². The number of hydrogen-bond acceptors (Lipinski definition) is 4. The van der Waals surface area contributed by atoms with E-state index in [4.69, 9.17) is 9.47 Å². The van der Waals surface area contributed by atoms with Crippen LogP contribution in [-0.4, -0.2) is 30.8 Å². The van der Waals surface area contributed by atoms with Crippen molar-refractivity contribution in [2.24, 2.45) is 5.92 Å². The van der Waals surface area contributed by atoms with Crippen molar-refractivity contribution in [1.82, 2.24) is 10.3 Å². The summed E-state index contributed by atoms with van der Waals surface area (Å²) in [5.74, 6) is 1.30. The zero-order chi connectivity index (χ0) is 15.0. The van der Waals surface area contributed by atoms with Crippen molar-refractivity contribution in [2.75, 3.05) is 19.8 Å². The summed E-state index contributed by atoms with van der Waals surface area (Å²) < 4.78 is 12.1. The average molecular weight is 345 g/mol. The number of hydrogen-bond donors (Lipinski definition) is 1. The first kappa shape index (κ1) is 17.4. The summed E-state index contributed by atoms with van der Waals surface area (Å²) in [6.07, 6.45) is 1.98. The number of rotatable bonds is 9. The van der Waals surface area contributed by atoms with Gasteiger partial charge in [0.1, 0.15) is 6.61 Å². The summed E-state index contributed by atoms with van der Waals surface area (Å²) in [5.41, 5.74) is 1.06. The Kier molecular flexibility index (Phi) is 8.11. The molecule has 1 N–H and O–H groups in total. The summed E-state index contributed by atoms with van der Waals surface area (Å²) in [5, 5.41) is 3.41. The molecule has 0 atom stereocenters. The monoisotopic (exact) mass is 344 g/mol. The highest BCUT2D eigenvalue weighted by atomic mass is 79.9. The molecule has 0 unspecified atom stereocenters. The lowest BCUT2D eigenvalue weighted by Gasteiger charge is -2.13. The molecule has 0 aliphatic heterocycles. The van der Waals surface area contributed by atoms with E-state index in [1.54, 1.807) is 6.20 Å². The first-order chi connectivity index (χ1) is 9.49.